The summed E-state index contributed by atoms with van der Waals surface area (Å²) in [6.45, 7) is 1.70. The summed E-state index contributed by atoms with van der Waals surface area (Å²) in [4.78, 5) is 22.6. The molecule has 0 aliphatic heterocycles. The van der Waals surface area contributed by atoms with Gasteiger partial charge in [-0.1, -0.05) is 12.1 Å². The molecule has 0 amide bonds. The molecule has 5 nitrogen and oxygen atoms in total. The van der Waals surface area contributed by atoms with Gasteiger partial charge >= 0.3 is 11.9 Å². The first-order chi connectivity index (χ1) is 8.58. The molecule has 0 bridgehead atoms. The number of carboxylic acid groups (broad SMARTS) is 1. The number of furan rings is 1. The van der Waals surface area contributed by atoms with Crippen LogP contribution in [0.4, 0.5) is 0 Å². The van der Waals surface area contributed by atoms with Crippen LogP contribution in [0.2, 0.25) is 0 Å². The van der Waals surface area contributed by atoms with Crippen LogP contribution in [0.5, 0.6) is 5.75 Å². The first kappa shape index (κ1) is 11.9. The lowest BCUT2D eigenvalue weighted by molar-refractivity contribution is 0.0669. The van der Waals surface area contributed by atoms with Gasteiger partial charge in [0.15, 0.2) is 0 Å². The van der Waals surface area contributed by atoms with Crippen molar-refractivity contribution in [3.05, 3.63) is 53.5 Å². The average molecular weight is 246 g/mol. The number of hydrogen-bond acceptors (Lipinski definition) is 4. The molecule has 0 aliphatic rings. The Bertz CT molecular complexity index is 597. The Balaban J connectivity index is 2.24. The highest BCUT2D eigenvalue weighted by Crippen LogP contribution is 2.19. The first-order valence-corrected chi connectivity index (χ1v) is 5.19. The van der Waals surface area contributed by atoms with Crippen LogP contribution in [0.1, 0.15) is 26.7 Å². The van der Waals surface area contributed by atoms with Gasteiger partial charge in [-0.3, -0.25) is 0 Å². The van der Waals surface area contributed by atoms with E-state index in [1.165, 1.54) is 18.2 Å². The maximum atomic E-state index is 11.7. The standard InChI is InChI=1S/C13H10O5/c1-8-6-7-11(17-8)13(16)18-10-5-3-2-4-9(10)12(14)15/h2-7H,1H3,(H,14,15). The topological polar surface area (TPSA) is 76.7 Å². The van der Waals surface area contributed by atoms with Crippen LogP contribution in [0.15, 0.2) is 40.8 Å². The molecule has 0 unspecified atom stereocenters. The summed E-state index contributed by atoms with van der Waals surface area (Å²) in [6, 6.07) is 9.01. The lowest BCUT2D eigenvalue weighted by Gasteiger charge is -2.05. The SMILES string of the molecule is Cc1ccc(C(=O)Oc2ccccc2C(=O)O)o1. The van der Waals surface area contributed by atoms with Crippen LogP contribution >= 0.6 is 0 Å². The molecule has 0 saturated carbocycles. The van der Waals surface area contributed by atoms with E-state index in [4.69, 9.17) is 14.3 Å². The van der Waals surface area contributed by atoms with Crippen molar-refractivity contribution < 1.29 is 23.8 Å². The molecule has 18 heavy (non-hydrogen) atoms. The van der Waals surface area contributed by atoms with Gasteiger partial charge in [-0.2, -0.15) is 0 Å². The third-order valence-corrected chi connectivity index (χ3v) is 2.26. The first-order valence-electron chi connectivity index (χ1n) is 5.19. The molecule has 0 aliphatic carbocycles. The van der Waals surface area contributed by atoms with Crippen molar-refractivity contribution in [2.45, 2.75) is 6.92 Å². The summed E-state index contributed by atoms with van der Waals surface area (Å²) in [5.74, 6) is -1.28. The normalized spacial score (nSPS) is 10.1. The monoisotopic (exact) mass is 246 g/mol. The van der Waals surface area contributed by atoms with Crippen molar-refractivity contribution in [3.63, 3.8) is 0 Å². The van der Waals surface area contributed by atoms with E-state index in [9.17, 15) is 9.59 Å². The zero-order valence-corrected chi connectivity index (χ0v) is 9.54. The molecule has 5 heteroatoms. The Morgan fingerprint density at radius 1 is 1.17 bits per heavy atom. The molecular formula is C13H10O5. The Morgan fingerprint density at radius 3 is 2.50 bits per heavy atom. The Kier molecular flexibility index (Phi) is 3.14. The Labute approximate surface area is 103 Å². The summed E-state index contributed by atoms with van der Waals surface area (Å²) in [5, 5.41) is 8.94. The number of carbonyl (C=O) groups excluding carboxylic acids is 1. The minimum Gasteiger partial charge on any atom is -0.478 e. The van der Waals surface area contributed by atoms with Crippen LogP contribution in [-0.4, -0.2) is 17.0 Å². The molecule has 0 radical (unpaired) electrons. The number of ether oxygens (including phenoxy) is 1. The lowest BCUT2D eigenvalue weighted by Crippen LogP contribution is -2.10. The van der Waals surface area contributed by atoms with E-state index in [1.54, 1.807) is 25.1 Å². The molecule has 2 aromatic rings. The summed E-state index contributed by atoms with van der Waals surface area (Å²) in [5.41, 5.74) is -0.0749. The second-order valence-electron chi connectivity index (χ2n) is 3.60. The number of benzene rings is 1. The van der Waals surface area contributed by atoms with Crippen LogP contribution in [0.25, 0.3) is 0 Å². The van der Waals surface area contributed by atoms with Gasteiger partial charge in [0.25, 0.3) is 0 Å². The number of rotatable bonds is 3. The van der Waals surface area contributed by atoms with Crippen molar-refractivity contribution in [3.8, 4) is 5.75 Å². The number of aryl methyl sites for hydroxylation is 1. The molecule has 1 aromatic carbocycles. The minimum absolute atomic E-state index is 0.0101. The molecule has 0 spiro atoms. The van der Waals surface area contributed by atoms with E-state index in [0.29, 0.717) is 5.76 Å². The second-order valence-corrected chi connectivity index (χ2v) is 3.60. The fraction of sp³-hybridized carbons (Fsp3) is 0.0769. The summed E-state index contributed by atoms with van der Waals surface area (Å²) in [6.07, 6.45) is 0. The molecule has 2 rings (SSSR count). The van der Waals surface area contributed by atoms with Gasteiger partial charge in [0.2, 0.25) is 5.76 Å². The molecule has 0 fully saturated rings. The van der Waals surface area contributed by atoms with Crippen LogP contribution in [-0.2, 0) is 0 Å². The largest absolute Gasteiger partial charge is 0.478 e. The number of aromatic carboxylic acids is 1. The maximum absolute atomic E-state index is 11.7. The Morgan fingerprint density at radius 2 is 1.89 bits per heavy atom. The van der Waals surface area contributed by atoms with Crippen LogP contribution in [0, 0.1) is 6.92 Å². The zero-order chi connectivity index (χ0) is 13.1. The molecule has 1 heterocycles. The predicted molar refractivity (Wildman–Crippen MR) is 61.8 cm³/mol. The van der Waals surface area contributed by atoms with Crippen molar-refractivity contribution in [2.75, 3.05) is 0 Å². The Hall–Kier alpha value is -2.56. The lowest BCUT2D eigenvalue weighted by atomic mass is 10.2. The van der Waals surface area contributed by atoms with Gasteiger partial charge in [0.1, 0.15) is 17.1 Å². The molecule has 0 atom stereocenters. The fourth-order valence-corrected chi connectivity index (χ4v) is 1.43. The van der Waals surface area contributed by atoms with E-state index in [-0.39, 0.29) is 17.1 Å². The highest BCUT2D eigenvalue weighted by Gasteiger charge is 2.17. The van der Waals surface area contributed by atoms with Crippen molar-refractivity contribution >= 4 is 11.9 Å². The number of carbonyl (C=O) groups is 2. The van der Waals surface area contributed by atoms with Crippen molar-refractivity contribution in [2.24, 2.45) is 0 Å². The van der Waals surface area contributed by atoms with E-state index in [1.807, 2.05) is 0 Å². The second kappa shape index (κ2) is 4.75. The van der Waals surface area contributed by atoms with Gasteiger partial charge < -0.3 is 14.3 Å². The van der Waals surface area contributed by atoms with Gasteiger partial charge in [-0.05, 0) is 31.2 Å². The quantitative estimate of drug-likeness (QED) is 0.665. The molecular weight excluding hydrogens is 236 g/mol. The van der Waals surface area contributed by atoms with Crippen LogP contribution < -0.4 is 4.74 Å². The van der Waals surface area contributed by atoms with E-state index in [2.05, 4.69) is 0 Å². The predicted octanol–water partition coefficient (Wildman–Crippen LogP) is 2.51. The van der Waals surface area contributed by atoms with Crippen molar-refractivity contribution in [1.29, 1.82) is 0 Å². The van der Waals surface area contributed by atoms with Gasteiger partial charge in [-0.25, -0.2) is 9.59 Å². The number of esters is 1. The van der Waals surface area contributed by atoms with Crippen molar-refractivity contribution in [1.82, 2.24) is 0 Å². The van der Waals surface area contributed by atoms with E-state index < -0.39 is 11.9 Å². The summed E-state index contributed by atoms with van der Waals surface area (Å²) < 4.78 is 10.1. The smallest absolute Gasteiger partial charge is 0.379 e. The third-order valence-electron chi connectivity index (χ3n) is 2.26. The van der Waals surface area contributed by atoms with E-state index in [0.717, 1.165) is 0 Å². The number of hydrogen-bond donors (Lipinski definition) is 1. The van der Waals surface area contributed by atoms with Gasteiger partial charge in [0.05, 0.1) is 0 Å². The molecule has 1 N–H and O–H groups in total. The average Bonchev–Trinajstić information content (AvgIpc) is 2.76. The van der Waals surface area contributed by atoms with Crippen LogP contribution in [0.3, 0.4) is 0 Å². The summed E-state index contributed by atoms with van der Waals surface area (Å²) in [7, 11) is 0. The summed E-state index contributed by atoms with van der Waals surface area (Å²) >= 11 is 0. The maximum Gasteiger partial charge on any atom is 0.379 e. The molecule has 92 valence electrons. The number of para-hydroxylation sites is 1. The minimum atomic E-state index is -1.16. The number of carboxylic acids is 1. The third kappa shape index (κ3) is 2.40. The molecule has 0 saturated heterocycles. The highest BCUT2D eigenvalue weighted by molar-refractivity contribution is 5.94. The highest BCUT2D eigenvalue weighted by atomic mass is 16.5. The fourth-order valence-electron chi connectivity index (χ4n) is 1.43. The van der Waals surface area contributed by atoms with Gasteiger partial charge in [0, 0.05) is 0 Å². The van der Waals surface area contributed by atoms with Gasteiger partial charge in [-0.15, -0.1) is 0 Å². The zero-order valence-electron chi connectivity index (χ0n) is 9.54. The van der Waals surface area contributed by atoms with E-state index >= 15 is 0 Å². The molecule has 1 aromatic heterocycles.